The van der Waals surface area contributed by atoms with Crippen LogP contribution in [0.25, 0.3) is 17.0 Å². The van der Waals surface area contributed by atoms with Gasteiger partial charge in [-0.2, -0.15) is 0 Å². The predicted molar refractivity (Wildman–Crippen MR) is 96.5 cm³/mol. The van der Waals surface area contributed by atoms with Crippen LogP contribution in [0, 0.1) is 17.3 Å². The fourth-order valence-electron chi connectivity index (χ4n) is 5.00. The Morgan fingerprint density at radius 1 is 1.29 bits per heavy atom. The minimum Gasteiger partial charge on any atom is -0.393 e. The minimum atomic E-state index is -0.307. The summed E-state index contributed by atoms with van der Waals surface area (Å²) in [6.45, 7) is 4.22. The Labute approximate surface area is 142 Å². The number of allylic oxidation sites excluding steroid dienone is 1. The van der Waals surface area contributed by atoms with Crippen molar-refractivity contribution in [1.29, 1.82) is 0 Å². The van der Waals surface area contributed by atoms with E-state index in [0.29, 0.717) is 12.3 Å². The van der Waals surface area contributed by atoms with Gasteiger partial charge in [0.1, 0.15) is 0 Å². The molecule has 2 aromatic rings. The summed E-state index contributed by atoms with van der Waals surface area (Å²) >= 11 is 0. The highest BCUT2D eigenvalue weighted by Gasteiger charge is 2.51. The molecular formula is C21H25NO2. The van der Waals surface area contributed by atoms with Crippen molar-refractivity contribution in [2.75, 3.05) is 0 Å². The topological polar surface area (TPSA) is 53.1 Å². The Balaban J connectivity index is 1.76. The van der Waals surface area contributed by atoms with Gasteiger partial charge >= 0.3 is 0 Å². The molecule has 3 nitrogen and oxygen atoms in total. The smallest absolute Gasteiger partial charge is 0.161 e. The van der Waals surface area contributed by atoms with E-state index >= 15 is 0 Å². The first kappa shape index (κ1) is 15.6. The lowest BCUT2D eigenvalue weighted by Crippen LogP contribution is -2.51. The lowest BCUT2D eigenvalue weighted by molar-refractivity contribution is -0.133. The molecule has 3 heteroatoms. The van der Waals surface area contributed by atoms with Gasteiger partial charge in [-0.15, -0.1) is 0 Å². The number of nitrogens with one attached hydrogen (secondary N) is 1. The monoisotopic (exact) mass is 323 g/mol. The number of aliphatic hydroxyl groups is 1. The molecule has 0 bridgehead atoms. The van der Waals surface area contributed by atoms with E-state index in [1.54, 1.807) is 0 Å². The highest BCUT2D eigenvalue weighted by atomic mass is 16.3. The molecule has 126 valence electrons. The number of hydrogen-bond acceptors (Lipinski definition) is 2. The van der Waals surface area contributed by atoms with Gasteiger partial charge in [-0.3, -0.25) is 4.79 Å². The highest BCUT2D eigenvalue weighted by molar-refractivity contribution is 6.04. The van der Waals surface area contributed by atoms with Crippen molar-refractivity contribution in [3.63, 3.8) is 0 Å². The second kappa shape index (κ2) is 5.59. The Kier molecular flexibility index (Phi) is 3.65. The molecule has 4 rings (SSSR count). The van der Waals surface area contributed by atoms with Crippen LogP contribution in [0.5, 0.6) is 0 Å². The van der Waals surface area contributed by atoms with Crippen LogP contribution in [0.4, 0.5) is 0 Å². The SMILES string of the molecule is CC1C(=O)/C(=C\c2c[nH]c3ccccc23)C[C@@]2(C)C1CCC[C@@H]2O. The largest absolute Gasteiger partial charge is 0.393 e. The van der Waals surface area contributed by atoms with E-state index in [1.807, 2.05) is 37.4 Å². The van der Waals surface area contributed by atoms with Gasteiger partial charge < -0.3 is 10.1 Å². The number of carbonyl (C=O) groups is 1. The van der Waals surface area contributed by atoms with Gasteiger partial charge in [0.05, 0.1) is 6.10 Å². The Morgan fingerprint density at radius 2 is 2.08 bits per heavy atom. The molecule has 0 amide bonds. The molecule has 4 atom stereocenters. The maximum absolute atomic E-state index is 12.9. The van der Waals surface area contributed by atoms with Gasteiger partial charge in [-0.25, -0.2) is 0 Å². The number of carbonyl (C=O) groups excluding carboxylic acids is 1. The molecule has 1 heterocycles. The molecule has 1 aromatic heterocycles. The molecule has 0 saturated heterocycles. The zero-order chi connectivity index (χ0) is 16.9. The van der Waals surface area contributed by atoms with E-state index in [9.17, 15) is 9.90 Å². The van der Waals surface area contributed by atoms with Crippen molar-refractivity contribution in [2.45, 2.75) is 45.6 Å². The molecule has 2 N–H and O–H groups in total. The maximum atomic E-state index is 12.9. The van der Waals surface area contributed by atoms with Crippen LogP contribution >= 0.6 is 0 Å². The van der Waals surface area contributed by atoms with Crippen molar-refractivity contribution in [3.05, 3.63) is 41.6 Å². The number of H-pyrrole nitrogens is 1. The number of rotatable bonds is 1. The second-order valence-electron chi connectivity index (χ2n) is 7.85. The number of benzene rings is 1. The number of Topliss-reactive ketones (excluding diaryl/α,β-unsaturated/α-hetero) is 1. The van der Waals surface area contributed by atoms with Crippen LogP contribution in [0.1, 0.15) is 45.1 Å². The predicted octanol–water partition coefficient (Wildman–Crippen LogP) is 4.33. The maximum Gasteiger partial charge on any atom is 0.161 e. The normalized spacial score (nSPS) is 35.4. The first-order valence-corrected chi connectivity index (χ1v) is 8.99. The summed E-state index contributed by atoms with van der Waals surface area (Å²) < 4.78 is 0. The quantitative estimate of drug-likeness (QED) is 0.768. The van der Waals surface area contributed by atoms with Crippen molar-refractivity contribution in [2.24, 2.45) is 17.3 Å². The molecular weight excluding hydrogens is 298 g/mol. The first-order valence-electron chi connectivity index (χ1n) is 8.99. The molecule has 2 aliphatic carbocycles. The van der Waals surface area contributed by atoms with Gasteiger partial charge in [-0.1, -0.05) is 38.5 Å². The highest BCUT2D eigenvalue weighted by Crippen LogP contribution is 2.53. The fourth-order valence-corrected chi connectivity index (χ4v) is 5.00. The van der Waals surface area contributed by atoms with E-state index in [2.05, 4.69) is 18.0 Å². The van der Waals surface area contributed by atoms with Crippen LogP contribution in [0.15, 0.2) is 36.0 Å². The summed E-state index contributed by atoms with van der Waals surface area (Å²) in [6.07, 6.45) is 7.33. The Morgan fingerprint density at radius 3 is 2.92 bits per heavy atom. The molecule has 1 aromatic carbocycles. The minimum absolute atomic E-state index is 0.00449. The Hall–Kier alpha value is -1.87. The van der Waals surface area contributed by atoms with Crippen LogP contribution in [0.2, 0.25) is 0 Å². The van der Waals surface area contributed by atoms with Crippen molar-refractivity contribution >= 4 is 22.8 Å². The lowest BCUT2D eigenvalue weighted by atomic mass is 9.54. The number of fused-ring (bicyclic) bond motifs is 2. The molecule has 2 unspecified atom stereocenters. The van der Waals surface area contributed by atoms with Crippen molar-refractivity contribution < 1.29 is 9.90 Å². The summed E-state index contributed by atoms with van der Waals surface area (Å²) in [5.41, 5.74) is 2.84. The van der Waals surface area contributed by atoms with E-state index < -0.39 is 0 Å². The standard InChI is InChI=1S/C21H25NO2/c1-13-17-7-5-9-19(23)21(17,2)11-14(20(13)24)10-15-12-22-18-8-4-3-6-16(15)18/h3-4,6,8,10,12-13,17,19,22-23H,5,7,9,11H2,1-2H3/b14-10-/t13?,17?,19-,21-/m0/s1. The van der Waals surface area contributed by atoms with E-state index in [0.717, 1.165) is 41.3 Å². The van der Waals surface area contributed by atoms with Gasteiger partial charge in [-0.05, 0) is 42.9 Å². The van der Waals surface area contributed by atoms with Crippen molar-refractivity contribution in [1.82, 2.24) is 4.98 Å². The molecule has 0 aliphatic heterocycles. The fraction of sp³-hybridized carbons (Fsp3) is 0.476. The number of aromatic nitrogens is 1. The average Bonchev–Trinajstić information content (AvgIpc) is 2.98. The molecule has 2 aliphatic rings. The molecule has 0 spiro atoms. The number of ketones is 1. The zero-order valence-electron chi connectivity index (χ0n) is 14.4. The number of para-hydroxylation sites is 1. The lowest BCUT2D eigenvalue weighted by Gasteiger charge is -2.51. The van der Waals surface area contributed by atoms with Gasteiger partial charge in [0.25, 0.3) is 0 Å². The van der Waals surface area contributed by atoms with Crippen molar-refractivity contribution in [3.8, 4) is 0 Å². The summed E-state index contributed by atoms with van der Waals surface area (Å²) in [5, 5.41) is 11.8. The summed E-state index contributed by atoms with van der Waals surface area (Å²) in [4.78, 5) is 16.2. The second-order valence-corrected chi connectivity index (χ2v) is 7.85. The van der Waals surface area contributed by atoms with Crippen LogP contribution in [-0.2, 0) is 4.79 Å². The summed E-state index contributed by atoms with van der Waals surface area (Å²) in [6, 6.07) is 8.15. The number of hydrogen-bond donors (Lipinski definition) is 2. The summed E-state index contributed by atoms with van der Waals surface area (Å²) in [7, 11) is 0. The number of aliphatic hydroxyl groups excluding tert-OH is 1. The molecule has 0 radical (unpaired) electrons. The van der Waals surface area contributed by atoms with Crippen LogP contribution < -0.4 is 0 Å². The van der Waals surface area contributed by atoms with E-state index in [1.165, 1.54) is 0 Å². The third kappa shape index (κ3) is 2.26. The van der Waals surface area contributed by atoms with Gasteiger partial charge in [0.2, 0.25) is 0 Å². The molecule has 24 heavy (non-hydrogen) atoms. The summed E-state index contributed by atoms with van der Waals surface area (Å²) in [5.74, 6) is 0.556. The molecule has 2 fully saturated rings. The van der Waals surface area contributed by atoms with Gasteiger partial charge in [0, 0.05) is 34.0 Å². The van der Waals surface area contributed by atoms with E-state index in [-0.39, 0.29) is 23.2 Å². The molecule has 2 saturated carbocycles. The number of aromatic amines is 1. The third-order valence-electron chi connectivity index (χ3n) is 6.46. The average molecular weight is 323 g/mol. The van der Waals surface area contributed by atoms with Crippen LogP contribution in [0.3, 0.4) is 0 Å². The zero-order valence-corrected chi connectivity index (χ0v) is 14.4. The van der Waals surface area contributed by atoms with Crippen LogP contribution in [-0.4, -0.2) is 22.0 Å². The Bertz CT molecular complexity index is 818. The van der Waals surface area contributed by atoms with E-state index in [4.69, 9.17) is 0 Å². The van der Waals surface area contributed by atoms with Gasteiger partial charge in [0.15, 0.2) is 5.78 Å². The third-order valence-corrected chi connectivity index (χ3v) is 6.46. The first-order chi connectivity index (χ1) is 11.5.